The zero-order valence-corrected chi connectivity index (χ0v) is 15.4. The van der Waals surface area contributed by atoms with E-state index < -0.39 is 53.6 Å². The van der Waals surface area contributed by atoms with Crippen LogP contribution < -0.4 is 27.0 Å². The Morgan fingerprint density at radius 2 is 1.97 bits per heavy atom. The van der Waals surface area contributed by atoms with Crippen LogP contribution in [0.5, 0.6) is 5.75 Å². The Labute approximate surface area is 163 Å². The second-order valence-corrected chi connectivity index (χ2v) is 6.14. The first-order valence-electron chi connectivity index (χ1n) is 8.69. The van der Waals surface area contributed by atoms with Gasteiger partial charge in [0.25, 0.3) is 11.5 Å². The number of amides is 1. The molecule has 0 spiro atoms. The largest absolute Gasteiger partial charge is 0.478 e. The van der Waals surface area contributed by atoms with Crippen molar-refractivity contribution in [3.8, 4) is 5.75 Å². The number of ketones is 1. The zero-order chi connectivity index (χ0) is 21.1. The molecule has 4 N–H and O–H groups in total. The molecule has 1 aliphatic rings. The second-order valence-electron chi connectivity index (χ2n) is 6.14. The zero-order valence-electron chi connectivity index (χ0n) is 15.4. The minimum Gasteiger partial charge on any atom is -0.478 e. The van der Waals surface area contributed by atoms with Crippen LogP contribution in [0.15, 0.2) is 33.9 Å². The third kappa shape index (κ3) is 4.03. The van der Waals surface area contributed by atoms with Gasteiger partial charge in [-0.05, 0) is 19.1 Å². The number of benzene rings is 1. The number of nitrogens with two attached hydrogens (primary N) is 1. The van der Waals surface area contributed by atoms with Gasteiger partial charge < -0.3 is 20.5 Å². The third-order valence-corrected chi connectivity index (χ3v) is 4.26. The van der Waals surface area contributed by atoms with Crippen molar-refractivity contribution >= 4 is 29.2 Å². The van der Waals surface area contributed by atoms with Crippen LogP contribution in [0, 0.1) is 0 Å². The molecule has 0 aliphatic carbocycles. The highest BCUT2D eigenvalue weighted by Crippen LogP contribution is 2.29. The second kappa shape index (κ2) is 8.00. The van der Waals surface area contributed by atoms with Gasteiger partial charge in [-0.15, -0.1) is 0 Å². The van der Waals surface area contributed by atoms with Crippen molar-refractivity contribution in [3.05, 3.63) is 50.7 Å². The molecule has 29 heavy (non-hydrogen) atoms. The summed E-state index contributed by atoms with van der Waals surface area (Å²) in [4.78, 5) is 61.9. The van der Waals surface area contributed by atoms with E-state index in [1.165, 1.54) is 0 Å². The highest BCUT2D eigenvalue weighted by molar-refractivity contribution is 6.02. The molecular formula is C18H18N4O7. The fourth-order valence-electron chi connectivity index (χ4n) is 2.83. The van der Waals surface area contributed by atoms with E-state index in [1.54, 1.807) is 31.2 Å². The number of nitrogen functional groups attached to an aromatic ring is 1. The number of Topliss-reactive ketones (excluding diaryl/α,β-unsaturated/α-hetero) is 1. The molecule has 3 rings (SSSR count). The number of para-hydroxylation sites is 2. The van der Waals surface area contributed by atoms with E-state index in [-0.39, 0.29) is 12.4 Å². The van der Waals surface area contributed by atoms with Crippen LogP contribution in [0.2, 0.25) is 0 Å². The predicted octanol–water partition coefficient (Wildman–Crippen LogP) is -0.346. The van der Waals surface area contributed by atoms with E-state index in [4.69, 9.17) is 15.2 Å². The average Bonchev–Trinajstić information content (AvgIpc) is 2.67. The van der Waals surface area contributed by atoms with E-state index in [2.05, 4.69) is 5.32 Å². The number of ether oxygens (including phenoxy) is 2. The van der Waals surface area contributed by atoms with Gasteiger partial charge in [0.1, 0.15) is 17.1 Å². The Bertz CT molecular complexity index is 1100. The Kier molecular flexibility index (Phi) is 5.48. The van der Waals surface area contributed by atoms with Crippen LogP contribution in [-0.2, 0) is 20.9 Å². The van der Waals surface area contributed by atoms with Gasteiger partial charge in [-0.25, -0.2) is 4.79 Å². The van der Waals surface area contributed by atoms with Gasteiger partial charge in [0.05, 0.1) is 12.1 Å². The quantitative estimate of drug-likeness (QED) is 0.436. The van der Waals surface area contributed by atoms with E-state index in [9.17, 15) is 24.0 Å². The molecule has 11 nitrogen and oxygen atoms in total. The Balaban J connectivity index is 1.65. The summed E-state index contributed by atoms with van der Waals surface area (Å²) in [5.74, 6) is -2.19. The minimum absolute atomic E-state index is 0.136. The lowest BCUT2D eigenvalue weighted by atomic mass is 10.1. The summed E-state index contributed by atoms with van der Waals surface area (Å²) in [6.07, 6.45) is -1.56. The molecule has 2 aromatic rings. The Hall–Kier alpha value is -3.89. The molecule has 0 radical (unpaired) electrons. The number of nitrogens with one attached hydrogen (secondary N) is 2. The summed E-state index contributed by atoms with van der Waals surface area (Å²) in [7, 11) is 0. The normalized spacial score (nSPS) is 15.1. The smallest absolute Gasteiger partial charge is 0.329 e. The lowest BCUT2D eigenvalue weighted by molar-refractivity contribution is -0.146. The van der Waals surface area contributed by atoms with Crippen LogP contribution in [0.1, 0.15) is 23.7 Å². The topological polar surface area (TPSA) is 163 Å². The maximum atomic E-state index is 12.3. The first-order valence-corrected chi connectivity index (χ1v) is 8.69. The fraction of sp³-hybridized carbons (Fsp3) is 0.278. The number of carbonyl (C=O) groups excluding carboxylic acids is 3. The van der Waals surface area contributed by atoms with Crippen LogP contribution >= 0.6 is 0 Å². The van der Waals surface area contributed by atoms with Crippen molar-refractivity contribution in [2.75, 3.05) is 17.7 Å². The monoisotopic (exact) mass is 402 g/mol. The first-order chi connectivity index (χ1) is 13.8. The van der Waals surface area contributed by atoms with Gasteiger partial charge >= 0.3 is 11.7 Å². The number of anilines is 2. The number of esters is 1. The predicted molar refractivity (Wildman–Crippen MR) is 101 cm³/mol. The van der Waals surface area contributed by atoms with E-state index in [1.807, 2.05) is 4.98 Å². The molecule has 0 fully saturated rings. The van der Waals surface area contributed by atoms with Crippen LogP contribution in [-0.4, -0.2) is 39.9 Å². The number of aromatic nitrogens is 2. The molecule has 11 heteroatoms. The number of hydrogen-bond acceptors (Lipinski definition) is 8. The van der Waals surface area contributed by atoms with Crippen LogP contribution in [0.4, 0.5) is 11.5 Å². The van der Waals surface area contributed by atoms with Crippen molar-refractivity contribution in [1.82, 2.24) is 9.55 Å². The molecule has 152 valence electrons. The summed E-state index contributed by atoms with van der Waals surface area (Å²) >= 11 is 0. The standard InChI is InChI=1S/C18H18N4O7/c1-2-22-15(19)14(17(26)21-18(22)27)10(23)8-28-13(24)7-12-16(25)20-9-5-3-4-6-11(9)29-12/h3-6,12H,2,7-8,19H2,1H3,(H,20,25)(H,21,26,27)/t12-/m1/s1. The van der Waals surface area contributed by atoms with Gasteiger partial charge in [0, 0.05) is 6.54 Å². The number of fused-ring (bicyclic) bond motifs is 1. The van der Waals surface area contributed by atoms with Gasteiger partial charge in [-0.3, -0.25) is 28.7 Å². The summed E-state index contributed by atoms with van der Waals surface area (Å²) in [6, 6.07) is 6.71. The van der Waals surface area contributed by atoms with Crippen molar-refractivity contribution in [2.45, 2.75) is 26.0 Å². The van der Waals surface area contributed by atoms with E-state index in [0.29, 0.717) is 11.4 Å². The molecule has 1 aliphatic heterocycles. The molecule has 1 aromatic carbocycles. The summed E-state index contributed by atoms with van der Waals surface area (Å²) in [6.45, 7) is 0.966. The molecule has 0 unspecified atom stereocenters. The maximum absolute atomic E-state index is 12.3. The van der Waals surface area contributed by atoms with Crippen molar-refractivity contribution in [3.63, 3.8) is 0 Å². The van der Waals surface area contributed by atoms with Gasteiger partial charge in [-0.2, -0.15) is 0 Å². The SMILES string of the molecule is CCn1c(N)c(C(=O)COC(=O)C[C@H]2Oc3ccccc3NC2=O)c(=O)[nH]c1=O. The van der Waals surface area contributed by atoms with E-state index in [0.717, 1.165) is 4.57 Å². The number of rotatable bonds is 6. The van der Waals surface area contributed by atoms with E-state index >= 15 is 0 Å². The van der Waals surface area contributed by atoms with Crippen molar-refractivity contribution < 1.29 is 23.9 Å². The summed E-state index contributed by atoms with van der Waals surface area (Å²) < 4.78 is 11.4. The lowest BCUT2D eigenvalue weighted by Gasteiger charge is -2.25. The molecule has 1 aromatic heterocycles. The summed E-state index contributed by atoms with van der Waals surface area (Å²) in [5, 5.41) is 2.61. The van der Waals surface area contributed by atoms with Crippen LogP contribution in [0.3, 0.4) is 0 Å². The van der Waals surface area contributed by atoms with Gasteiger partial charge in [0.2, 0.25) is 5.78 Å². The molecule has 0 saturated heterocycles. The molecule has 0 bridgehead atoms. The molecule has 2 heterocycles. The third-order valence-electron chi connectivity index (χ3n) is 4.26. The number of hydrogen-bond donors (Lipinski definition) is 3. The van der Waals surface area contributed by atoms with Gasteiger partial charge in [-0.1, -0.05) is 12.1 Å². The molecule has 1 atom stereocenters. The number of carbonyl (C=O) groups is 3. The van der Waals surface area contributed by atoms with Crippen molar-refractivity contribution in [1.29, 1.82) is 0 Å². The lowest BCUT2D eigenvalue weighted by Crippen LogP contribution is -2.39. The number of H-pyrrole nitrogens is 1. The highest BCUT2D eigenvalue weighted by atomic mass is 16.5. The average molecular weight is 402 g/mol. The molecule has 0 saturated carbocycles. The molecule has 1 amide bonds. The maximum Gasteiger partial charge on any atom is 0.329 e. The highest BCUT2D eigenvalue weighted by Gasteiger charge is 2.30. The summed E-state index contributed by atoms with van der Waals surface area (Å²) in [5.41, 5.74) is 4.02. The Morgan fingerprint density at radius 3 is 2.69 bits per heavy atom. The van der Waals surface area contributed by atoms with Gasteiger partial charge in [0.15, 0.2) is 12.7 Å². The number of aromatic amines is 1. The number of nitrogens with zero attached hydrogens (tertiary/aromatic N) is 1. The minimum atomic E-state index is -1.12. The van der Waals surface area contributed by atoms with Crippen molar-refractivity contribution in [2.24, 2.45) is 0 Å². The molecular weight excluding hydrogens is 384 g/mol. The fourth-order valence-corrected chi connectivity index (χ4v) is 2.83. The van der Waals surface area contributed by atoms with Crippen LogP contribution in [0.25, 0.3) is 0 Å². The Morgan fingerprint density at radius 1 is 1.24 bits per heavy atom. The first kappa shape index (κ1) is 19.9.